The molecule has 0 spiro atoms. The van der Waals surface area contributed by atoms with Crippen LogP contribution in [0.3, 0.4) is 0 Å². The summed E-state index contributed by atoms with van der Waals surface area (Å²) in [6.45, 7) is 13.2. The lowest BCUT2D eigenvalue weighted by Gasteiger charge is -2.09. The molecule has 0 radical (unpaired) electrons. The average molecular weight is 764 g/mol. The summed E-state index contributed by atoms with van der Waals surface area (Å²) in [5.41, 5.74) is 5.33. The molecular formula is C35H65N5O13. The first kappa shape index (κ1) is 48.8. The predicted octanol–water partition coefficient (Wildman–Crippen LogP) is 0.738. The monoisotopic (exact) mass is 763 g/mol. The Morgan fingerprint density at radius 3 is 1.02 bits per heavy atom. The number of carbonyl (C=O) groups is 2. The third-order valence-electron chi connectivity index (χ3n) is 6.89. The summed E-state index contributed by atoms with van der Waals surface area (Å²) in [6.07, 6.45) is 3.15. The number of Topliss-reactive ketones (excluding diaryl/α,β-unsaturated/α-hetero) is 2. The van der Waals surface area contributed by atoms with Crippen LogP contribution in [0.4, 0.5) is 0 Å². The predicted molar refractivity (Wildman–Crippen MR) is 192 cm³/mol. The van der Waals surface area contributed by atoms with Crippen molar-refractivity contribution in [3.8, 4) is 0 Å². The van der Waals surface area contributed by atoms with Gasteiger partial charge in [0, 0.05) is 45.3 Å². The van der Waals surface area contributed by atoms with Crippen molar-refractivity contribution in [2.24, 2.45) is 5.73 Å². The Kier molecular flexibility index (Phi) is 36.4. The fourth-order valence-corrected chi connectivity index (χ4v) is 4.14. The van der Waals surface area contributed by atoms with Crippen LogP contribution in [0.2, 0.25) is 0 Å². The summed E-state index contributed by atoms with van der Waals surface area (Å²) in [7, 11) is 0. The van der Waals surface area contributed by atoms with E-state index in [0.717, 1.165) is 0 Å². The van der Waals surface area contributed by atoms with Gasteiger partial charge in [-0.25, -0.2) is 0 Å². The van der Waals surface area contributed by atoms with Crippen molar-refractivity contribution < 1.29 is 61.7 Å². The number of hydrogen-bond acceptors (Lipinski definition) is 18. The Morgan fingerprint density at radius 2 is 0.679 bits per heavy atom. The highest BCUT2D eigenvalue weighted by molar-refractivity contribution is 5.81. The number of nitrogens with zero attached hydrogens (tertiary/aromatic N) is 4. The molecule has 308 valence electrons. The minimum atomic E-state index is 0.0836. The van der Waals surface area contributed by atoms with Gasteiger partial charge >= 0.3 is 0 Å². The number of carbonyl (C=O) groups excluding carboxylic acids is 2. The van der Waals surface area contributed by atoms with Gasteiger partial charge in [-0.2, -0.15) is 0 Å². The lowest BCUT2D eigenvalue weighted by atomic mass is 10.1. The van der Waals surface area contributed by atoms with Crippen LogP contribution in [0.25, 0.3) is 0 Å². The van der Waals surface area contributed by atoms with Crippen molar-refractivity contribution in [2.45, 2.75) is 51.9 Å². The molecule has 0 saturated heterocycles. The molecule has 18 heteroatoms. The van der Waals surface area contributed by atoms with Crippen LogP contribution in [0.1, 0.15) is 50.2 Å². The molecule has 2 N–H and O–H groups in total. The van der Waals surface area contributed by atoms with Gasteiger partial charge in [0.05, 0.1) is 139 Å². The quantitative estimate of drug-likeness (QED) is 0.0908. The second-order valence-corrected chi connectivity index (χ2v) is 11.4. The Morgan fingerprint density at radius 1 is 0.396 bits per heavy atom. The van der Waals surface area contributed by atoms with E-state index < -0.39 is 0 Å². The van der Waals surface area contributed by atoms with E-state index in [9.17, 15) is 9.59 Å². The Labute approximate surface area is 314 Å². The zero-order valence-electron chi connectivity index (χ0n) is 31.9. The van der Waals surface area contributed by atoms with E-state index in [1.54, 1.807) is 6.92 Å². The summed E-state index contributed by atoms with van der Waals surface area (Å²) >= 11 is 0. The number of ketones is 2. The van der Waals surface area contributed by atoms with Crippen molar-refractivity contribution >= 4 is 11.6 Å². The van der Waals surface area contributed by atoms with Crippen molar-refractivity contribution in [3.63, 3.8) is 0 Å². The summed E-state index contributed by atoms with van der Waals surface area (Å²) in [4.78, 5) is 24.0. The SMILES string of the molecule is Cc1nnc(CCC(=O)CCCC(=O)CCCOCCOCCOCCOCCOCCOCCOCCOCCOCCOCCOCCN)nn1. The van der Waals surface area contributed by atoms with Crippen LogP contribution in [-0.2, 0) is 68.1 Å². The summed E-state index contributed by atoms with van der Waals surface area (Å²) < 4.78 is 59.9. The largest absolute Gasteiger partial charge is 0.379 e. The zero-order chi connectivity index (χ0) is 38.1. The fraction of sp³-hybridized carbons (Fsp3) is 0.886. The topological polar surface area (TPSA) is 213 Å². The number of nitrogens with two attached hydrogens (primary N) is 1. The normalized spacial score (nSPS) is 11.4. The van der Waals surface area contributed by atoms with Crippen molar-refractivity contribution in [1.29, 1.82) is 0 Å². The molecule has 1 heterocycles. The number of rotatable bonds is 43. The summed E-state index contributed by atoms with van der Waals surface area (Å²) in [5, 5.41) is 15.5. The average Bonchev–Trinajstić information content (AvgIpc) is 3.16. The molecule has 0 fully saturated rings. The van der Waals surface area contributed by atoms with Gasteiger partial charge in [-0.15, -0.1) is 20.4 Å². The van der Waals surface area contributed by atoms with Crippen LogP contribution in [0, 0.1) is 6.92 Å². The van der Waals surface area contributed by atoms with E-state index in [4.69, 9.17) is 57.8 Å². The zero-order valence-corrected chi connectivity index (χ0v) is 31.9. The Bertz CT molecular complexity index is 953. The molecule has 0 amide bonds. The minimum Gasteiger partial charge on any atom is -0.379 e. The molecule has 1 aromatic heterocycles. The molecule has 53 heavy (non-hydrogen) atoms. The molecule has 0 aliphatic rings. The highest BCUT2D eigenvalue weighted by Gasteiger charge is 2.08. The maximum Gasteiger partial charge on any atom is 0.173 e. The molecule has 0 unspecified atom stereocenters. The van der Waals surface area contributed by atoms with Crippen molar-refractivity contribution in [2.75, 3.05) is 152 Å². The molecule has 1 aromatic rings. The van der Waals surface area contributed by atoms with Gasteiger partial charge in [0.15, 0.2) is 11.6 Å². The van der Waals surface area contributed by atoms with E-state index in [2.05, 4.69) is 20.4 Å². The molecule has 0 saturated carbocycles. The second-order valence-electron chi connectivity index (χ2n) is 11.4. The third kappa shape index (κ3) is 36.5. The van der Waals surface area contributed by atoms with Gasteiger partial charge < -0.3 is 57.8 Å². The first-order valence-corrected chi connectivity index (χ1v) is 18.7. The number of aryl methyl sites for hydroxylation is 2. The Hall–Kier alpha value is -2.20. The van der Waals surface area contributed by atoms with Crippen LogP contribution >= 0.6 is 0 Å². The van der Waals surface area contributed by atoms with E-state index in [1.165, 1.54) is 0 Å². The molecule has 1 rings (SSSR count). The van der Waals surface area contributed by atoms with Crippen molar-refractivity contribution in [3.05, 3.63) is 11.6 Å². The first-order valence-electron chi connectivity index (χ1n) is 18.7. The van der Waals surface area contributed by atoms with E-state index >= 15 is 0 Å². The lowest BCUT2D eigenvalue weighted by molar-refractivity contribution is -0.120. The van der Waals surface area contributed by atoms with Crippen LogP contribution in [0.5, 0.6) is 0 Å². The van der Waals surface area contributed by atoms with Crippen molar-refractivity contribution in [1.82, 2.24) is 20.4 Å². The number of ether oxygens (including phenoxy) is 11. The van der Waals surface area contributed by atoms with Gasteiger partial charge in [-0.05, 0) is 19.8 Å². The highest BCUT2D eigenvalue weighted by atomic mass is 16.6. The van der Waals surface area contributed by atoms with Gasteiger partial charge in [0.2, 0.25) is 0 Å². The number of hydrogen-bond donors (Lipinski definition) is 1. The molecule has 0 aliphatic carbocycles. The summed E-state index contributed by atoms with van der Waals surface area (Å²) in [6, 6.07) is 0. The molecule has 0 aliphatic heterocycles. The van der Waals surface area contributed by atoms with E-state index in [0.29, 0.717) is 208 Å². The first-order chi connectivity index (χ1) is 26.1. The molecule has 0 aromatic carbocycles. The third-order valence-corrected chi connectivity index (χ3v) is 6.89. The lowest BCUT2D eigenvalue weighted by Crippen LogP contribution is -2.15. The maximum absolute atomic E-state index is 12.0. The molecule has 0 atom stereocenters. The summed E-state index contributed by atoms with van der Waals surface area (Å²) in [5.74, 6) is 1.17. The van der Waals surface area contributed by atoms with Crippen LogP contribution in [0.15, 0.2) is 0 Å². The molecule has 0 bridgehead atoms. The standard InChI is InChI=1S/C35H65N5O13/c1-32-37-39-35(40-38-32)8-7-34(42)5-2-4-33(41)6-3-10-43-12-14-45-16-18-47-20-22-49-24-26-51-28-30-53-31-29-52-27-25-50-23-21-48-19-17-46-15-13-44-11-9-36/h2-31,36H2,1H3. The molecular weight excluding hydrogens is 698 g/mol. The highest BCUT2D eigenvalue weighted by Crippen LogP contribution is 2.06. The number of aromatic nitrogens is 4. The Balaban J connectivity index is 1.67. The molecule has 18 nitrogen and oxygen atoms in total. The van der Waals surface area contributed by atoms with Crippen LogP contribution in [-0.4, -0.2) is 184 Å². The smallest absolute Gasteiger partial charge is 0.173 e. The van der Waals surface area contributed by atoms with Gasteiger partial charge in [0.25, 0.3) is 0 Å². The van der Waals surface area contributed by atoms with Gasteiger partial charge in [-0.3, -0.25) is 9.59 Å². The second kappa shape index (κ2) is 39.5. The fourth-order valence-electron chi connectivity index (χ4n) is 4.14. The van der Waals surface area contributed by atoms with Gasteiger partial charge in [-0.1, -0.05) is 0 Å². The van der Waals surface area contributed by atoms with E-state index in [1.807, 2.05) is 0 Å². The minimum absolute atomic E-state index is 0.0836. The van der Waals surface area contributed by atoms with E-state index in [-0.39, 0.29) is 11.6 Å². The van der Waals surface area contributed by atoms with Crippen LogP contribution < -0.4 is 5.73 Å². The van der Waals surface area contributed by atoms with Gasteiger partial charge in [0.1, 0.15) is 11.6 Å². The maximum atomic E-state index is 12.0.